The predicted molar refractivity (Wildman–Crippen MR) is 49.8 cm³/mol. The van der Waals surface area contributed by atoms with Gasteiger partial charge >= 0.3 is 7.60 Å². The summed E-state index contributed by atoms with van der Waals surface area (Å²) in [5, 5.41) is 2.59. The summed E-state index contributed by atoms with van der Waals surface area (Å²) in [7, 11) is -0.667. The van der Waals surface area contributed by atoms with Crippen LogP contribution in [0.4, 0.5) is 0 Å². The summed E-state index contributed by atoms with van der Waals surface area (Å²) >= 11 is 0. The molecule has 0 aliphatic rings. The van der Waals surface area contributed by atoms with Gasteiger partial charge in [0.2, 0.25) is 5.91 Å². The zero-order valence-corrected chi connectivity index (χ0v) is 9.10. The van der Waals surface area contributed by atoms with Crippen LogP contribution in [0.5, 0.6) is 0 Å². The topological polar surface area (TPSA) is 64.6 Å². The van der Waals surface area contributed by atoms with Crippen LogP contribution in [-0.2, 0) is 18.4 Å². The molecule has 0 fully saturated rings. The highest BCUT2D eigenvalue weighted by atomic mass is 31.2. The molecule has 0 atom stereocenters. The minimum Gasteiger partial charge on any atom is -0.356 e. The van der Waals surface area contributed by atoms with Gasteiger partial charge in [0.05, 0.1) is 0 Å². The van der Waals surface area contributed by atoms with E-state index in [2.05, 4.69) is 14.4 Å². The molecule has 0 radical (unpaired) electrons. The van der Waals surface area contributed by atoms with Crippen molar-refractivity contribution in [1.82, 2.24) is 5.32 Å². The number of carbonyl (C=O) groups excluding carboxylic acids is 1. The molecule has 78 valence electrons. The van der Waals surface area contributed by atoms with Crippen LogP contribution < -0.4 is 5.32 Å². The highest BCUT2D eigenvalue weighted by Crippen LogP contribution is 2.45. The average Bonchev–Trinajstić information content (AvgIpc) is 2.14. The molecule has 0 saturated carbocycles. The summed E-state index contributed by atoms with van der Waals surface area (Å²) in [6, 6.07) is 0. The molecule has 0 saturated heterocycles. The fraction of sp³-hybridized carbons (Fsp3) is 0.857. The van der Waals surface area contributed by atoms with Gasteiger partial charge in [0, 0.05) is 20.8 Å². The van der Waals surface area contributed by atoms with E-state index in [4.69, 9.17) is 0 Å². The van der Waals surface area contributed by atoms with Crippen LogP contribution in [0.2, 0.25) is 0 Å². The molecule has 0 aromatic heterocycles. The molecule has 0 aliphatic heterocycles. The number of nitrogens with one attached hydrogen (secondary N) is 1. The first-order valence-electron chi connectivity index (χ1n) is 4.05. The standard InChI is InChI=1S/C7H16NO4P/c1-4-5-8-7(9)6-13(10,11-2)12-3/h4-6H2,1-3H3,(H,8,9). The maximum atomic E-state index is 11.4. The smallest absolute Gasteiger partial charge is 0.339 e. The van der Waals surface area contributed by atoms with Gasteiger partial charge in [-0.25, -0.2) is 0 Å². The van der Waals surface area contributed by atoms with Crippen molar-refractivity contribution in [1.29, 1.82) is 0 Å². The van der Waals surface area contributed by atoms with E-state index < -0.39 is 7.60 Å². The molecule has 0 aromatic rings. The van der Waals surface area contributed by atoms with Gasteiger partial charge in [0.25, 0.3) is 0 Å². The van der Waals surface area contributed by atoms with Crippen molar-refractivity contribution < 1.29 is 18.4 Å². The Morgan fingerprint density at radius 1 is 1.38 bits per heavy atom. The Labute approximate surface area is 78.3 Å². The summed E-state index contributed by atoms with van der Waals surface area (Å²) in [4.78, 5) is 11.1. The van der Waals surface area contributed by atoms with Crippen molar-refractivity contribution in [3.8, 4) is 0 Å². The van der Waals surface area contributed by atoms with Crippen LogP contribution in [-0.4, -0.2) is 32.8 Å². The number of carbonyl (C=O) groups is 1. The molecule has 0 aromatic carbocycles. The molecule has 0 unspecified atom stereocenters. The Kier molecular flexibility index (Phi) is 5.95. The summed E-state index contributed by atoms with van der Waals surface area (Å²) in [6.45, 7) is 2.51. The Morgan fingerprint density at radius 3 is 2.31 bits per heavy atom. The molecule has 6 heteroatoms. The van der Waals surface area contributed by atoms with Crippen LogP contribution in [0.1, 0.15) is 13.3 Å². The fourth-order valence-electron chi connectivity index (χ4n) is 0.700. The van der Waals surface area contributed by atoms with Gasteiger partial charge in [-0.3, -0.25) is 9.36 Å². The second-order valence-corrected chi connectivity index (χ2v) is 4.75. The Hall–Kier alpha value is -0.380. The lowest BCUT2D eigenvalue weighted by Crippen LogP contribution is -2.27. The molecule has 0 heterocycles. The minimum atomic E-state index is -3.19. The van der Waals surface area contributed by atoms with Gasteiger partial charge in [-0.2, -0.15) is 0 Å². The molecule has 1 amide bonds. The third kappa shape index (κ3) is 5.03. The van der Waals surface area contributed by atoms with Gasteiger partial charge < -0.3 is 14.4 Å². The maximum absolute atomic E-state index is 11.4. The largest absolute Gasteiger partial charge is 0.356 e. The van der Waals surface area contributed by atoms with Crippen molar-refractivity contribution in [3.63, 3.8) is 0 Å². The van der Waals surface area contributed by atoms with Crippen molar-refractivity contribution >= 4 is 13.5 Å². The molecule has 0 bridgehead atoms. The summed E-state index contributed by atoms with van der Waals surface area (Å²) < 4.78 is 20.6. The van der Waals surface area contributed by atoms with E-state index in [0.717, 1.165) is 6.42 Å². The van der Waals surface area contributed by atoms with E-state index in [1.54, 1.807) is 0 Å². The molecule has 0 rings (SSSR count). The first-order chi connectivity index (χ1) is 6.08. The molecule has 1 N–H and O–H groups in total. The summed E-state index contributed by atoms with van der Waals surface area (Å²) in [5.74, 6) is -0.311. The number of amides is 1. The Bertz CT molecular complexity index is 199. The lowest BCUT2D eigenvalue weighted by atomic mass is 10.5. The van der Waals surface area contributed by atoms with Crippen LogP contribution >= 0.6 is 7.60 Å². The Morgan fingerprint density at radius 2 is 1.92 bits per heavy atom. The van der Waals surface area contributed by atoms with E-state index in [1.165, 1.54) is 14.2 Å². The molecule has 0 spiro atoms. The van der Waals surface area contributed by atoms with Gasteiger partial charge in [-0.15, -0.1) is 0 Å². The van der Waals surface area contributed by atoms with Crippen LogP contribution in [0.3, 0.4) is 0 Å². The van der Waals surface area contributed by atoms with Crippen LogP contribution in [0.25, 0.3) is 0 Å². The predicted octanol–water partition coefficient (Wildman–Crippen LogP) is 0.998. The SMILES string of the molecule is CCCNC(=O)CP(=O)(OC)OC. The molecule has 13 heavy (non-hydrogen) atoms. The van der Waals surface area contributed by atoms with Gasteiger partial charge in [-0.1, -0.05) is 6.92 Å². The lowest BCUT2D eigenvalue weighted by Gasteiger charge is -2.12. The summed E-state index contributed by atoms with van der Waals surface area (Å²) in [6.07, 6.45) is 0.621. The van der Waals surface area contributed by atoms with E-state index in [-0.39, 0.29) is 12.1 Å². The second-order valence-electron chi connectivity index (χ2n) is 2.48. The van der Waals surface area contributed by atoms with Gasteiger partial charge in [0.15, 0.2) is 0 Å². The lowest BCUT2D eigenvalue weighted by molar-refractivity contribution is -0.118. The first-order valence-corrected chi connectivity index (χ1v) is 5.78. The van der Waals surface area contributed by atoms with Gasteiger partial charge in [0.1, 0.15) is 6.16 Å². The zero-order chi connectivity index (χ0) is 10.3. The highest BCUT2D eigenvalue weighted by Gasteiger charge is 2.24. The Balaban J connectivity index is 3.95. The highest BCUT2D eigenvalue weighted by molar-refractivity contribution is 7.54. The van der Waals surface area contributed by atoms with Gasteiger partial charge in [-0.05, 0) is 6.42 Å². The van der Waals surface area contributed by atoms with Crippen molar-refractivity contribution in [2.75, 3.05) is 26.9 Å². The van der Waals surface area contributed by atoms with Crippen LogP contribution in [0.15, 0.2) is 0 Å². The summed E-state index contributed by atoms with van der Waals surface area (Å²) in [5.41, 5.74) is 0. The minimum absolute atomic E-state index is 0.222. The van der Waals surface area contributed by atoms with Crippen LogP contribution in [0, 0.1) is 0 Å². The molecule has 0 aliphatic carbocycles. The third-order valence-corrected chi connectivity index (χ3v) is 3.25. The average molecular weight is 209 g/mol. The van der Waals surface area contributed by atoms with Crippen molar-refractivity contribution in [2.45, 2.75) is 13.3 Å². The number of hydrogen-bond acceptors (Lipinski definition) is 4. The van der Waals surface area contributed by atoms with E-state index in [1.807, 2.05) is 6.92 Å². The second kappa shape index (κ2) is 6.13. The maximum Gasteiger partial charge on any atom is 0.339 e. The molecular weight excluding hydrogens is 193 g/mol. The monoisotopic (exact) mass is 209 g/mol. The number of rotatable bonds is 6. The molecular formula is C7H16NO4P. The molecule has 5 nitrogen and oxygen atoms in total. The van der Waals surface area contributed by atoms with E-state index in [9.17, 15) is 9.36 Å². The van der Waals surface area contributed by atoms with Crippen molar-refractivity contribution in [3.05, 3.63) is 0 Å². The number of hydrogen-bond donors (Lipinski definition) is 1. The van der Waals surface area contributed by atoms with Crippen molar-refractivity contribution in [2.24, 2.45) is 0 Å². The van der Waals surface area contributed by atoms with E-state index in [0.29, 0.717) is 6.54 Å². The first kappa shape index (κ1) is 12.6. The quantitative estimate of drug-likeness (QED) is 0.663. The zero-order valence-electron chi connectivity index (χ0n) is 8.20. The van der Waals surface area contributed by atoms with E-state index >= 15 is 0 Å². The normalized spacial score (nSPS) is 11.3. The fourth-order valence-corrected chi connectivity index (χ4v) is 1.57. The third-order valence-electron chi connectivity index (χ3n) is 1.47.